The maximum Gasteiger partial charge on any atom is 0.0438 e. The second-order valence-corrected chi connectivity index (χ2v) is 2.24. The van der Waals surface area contributed by atoms with Crippen molar-refractivity contribution in [3.63, 3.8) is 0 Å². The summed E-state index contributed by atoms with van der Waals surface area (Å²) in [6.07, 6.45) is 1.79. The third kappa shape index (κ3) is 0.830. The molecule has 0 atom stereocenters. The lowest BCUT2D eigenvalue weighted by Gasteiger charge is -1.98. The zero-order valence-electron chi connectivity index (χ0n) is 2.92. The standard InChI is InChI=1S/C2H3N2S2/c5-4-3-1-2-6-4/h1-3H. The molecule has 0 aliphatic carbocycles. The predicted octanol–water partition coefficient (Wildman–Crippen LogP) is 1.04. The molecule has 0 amide bonds. The number of nitrogens with one attached hydrogen (secondary N) is 1. The van der Waals surface area contributed by atoms with Crippen LogP contribution in [0, 0.1) is 0 Å². The molecule has 33 valence electrons. The highest BCUT2D eigenvalue weighted by molar-refractivity contribution is 8.07. The van der Waals surface area contributed by atoms with Crippen molar-refractivity contribution in [3.05, 3.63) is 11.6 Å². The van der Waals surface area contributed by atoms with Crippen molar-refractivity contribution in [2.45, 2.75) is 0 Å². The molecule has 1 aliphatic rings. The van der Waals surface area contributed by atoms with Crippen LogP contribution >= 0.6 is 24.8 Å². The summed E-state index contributed by atoms with van der Waals surface area (Å²) >= 11 is 6.08. The quantitative estimate of drug-likeness (QED) is 0.480. The number of hydrazine groups is 1. The highest BCUT2D eigenvalue weighted by atomic mass is 32.2. The fraction of sp³-hybridized carbons (Fsp3) is 0. The molecular weight excluding hydrogens is 116 g/mol. The summed E-state index contributed by atoms with van der Waals surface area (Å²) in [5.74, 6) is 0. The molecule has 0 saturated heterocycles. The highest BCUT2D eigenvalue weighted by Gasteiger charge is 1.96. The summed E-state index contributed by atoms with van der Waals surface area (Å²) in [6, 6.07) is 0. The molecule has 0 aromatic rings. The van der Waals surface area contributed by atoms with Crippen molar-refractivity contribution in [3.8, 4) is 0 Å². The zero-order chi connectivity index (χ0) is 4.41. The minimum atomic E-state index is 1.45. The molecule has 0 aromatic carbocycles. The Bertz CT molecular complexity index is 63.9. The molecule has 4 heteroatoms. The molecule has 1 rings (SSSR count). The van der Waals surface area contributed by atoms with Crippen molar-refractivity contribution in [1.82, 2.24) is 9.25 Å². The topological polar surface area (TPSA) is 15.3 Å². The normalized spacial score (nSPS) is 21.5. The Hall–Kier alpha value is 0.200. The Balaban J connectivity index is 2.32. The van der Waals surface area contributed by atoms with E-state index in [0.29, 0.717) is 0 Å². The average Bonchev–Trinajstić information content (AvgIpc) is 1.86. The van der Waals surface area contributed by atoms with E-state index in [1.165, 1.54) is 15.8 Å². The van der Waals surface area contributed by atoms with Gasteiger partial charge in [0.05, 0.1) is 0 Å². The van der Waals surface area contributed by atoms with Crippen LogP contribution in [0.3, 0.4) is 0 Å². The molecule has 1 N–H and O–H groups in total. The van der Waals surface area contributed by atoms with Crippen LogP contribution in [0.25, 0.3) is 0 Å². The van der Waals surface area contributed by atoms with Crippen molar-refractivity contribution >= 4 is 24.8 Å². The Morgan fingerprint density at radius 2 is 2.67 bits per heavy atom. The van der Waals surface area contributed by atoms with E-state index in [1.54, 1.807) is 6.20 Å². The van der Waals surface area contributed by atoms with Crippen molar-refractivity contribution in [2.24, 2.45) is 0 Å². The fourth-order valence-corrected chi connectivity index (χ4v) is 0.771. The summed E-state index contributed by atoms with van der Waals surface area (Å²) in [5, 5.41) is 1.88. The van der Waals surface area contributed by atoms with Crippen molar-refractivity contribution in [2.75, 3.05) is 0 Å². The van der Waals surface area contributed by atoms with E-state index in [1.807, 2.05) is 5.41 Å². The van der Waals surface area contributed by atoms with Gasteiger partial charge in [0.1, 0.15) is 0 Å². The van der Waals surface area contributed by atoms with Crippen LogP contribution in [0.1, 0.15) is 0 Å². The summed E-state index contributed by atoms with van der Waals surface area (Å²) < 4.78 is 1.50. The first-order valence-corrected chi connectivity index (χ1v) is 2.65. The molecule has 0 fully saturated rings. The first kappa shape index (κ1) is 4.36. The number of hydrogen-bond acceptors (Lipinski definition) is 3. The molecule has 0 saturated carbocycles. The van der Waals surface area contributed by atoms with Gasteiger partial charge in [0.2, 0.25) is 0 Å². The minimum absolute atomic E-state index is 1.45. The van der Waals surface area contributed by atoms with E-state index >= 15 is 0 Å². The minimum Gasteiger partial charge on any atom is -0.305 e. The number of hydrogen-bond donors (Lipinski definition) is 1. The molecule has 0 bridgehead atoms. The molecule has 0 aromatic heterocycles. The van der Waals surface area contributed by atoms with Crippen LogP contribution in [-0.4, -0.2) is 3.82 Å². The maximum absolute atomic E-state index is 4.62. The van der Waals surface area contributed by atoms with Crippen LogP contribution in [0.5, 0.6) is 0 Å². The first-order valence-electron chi connectivity index (χ1n) is 1.45. The Labute approximate surface area is 46.2 Å². The molecule has 0 unspecified atom stereocenters. The van der Waals surface area contributed by atoms with Gasteiger partial charge in [-0.2, -0.15) is 0 Å². The fourth-order valence-electron chi connectivity index (χ4n) is 0.207. The van der Waals surface area contributed by atoms with Gasteiger partial charge in [-0.15, -0.1) is 0 Å². The summed E-state index contributed by atoms with van der Waals surface area (Å²) in [6.45, 7) is 0. The SMILES string of the molecule is [S]N1NC=CS1. The van der Waals surface area contributed by atoms with E-state index in [4.69, 9.17) is 0 Å². The van der Waals surface area contributed by atoms with Gasteiger partial charge in [0, 0.05) is 24.4 Å². The Kier molecular flexibility index (Phi) is 1.29. The second-order valence-electron chi connectivity index (χ2n) is 0.794. The lowest BCUT2D eigenvalue weighted by Crippen LogP contribution is -2.10. The summed E-state index contributed by atoms with van der Waals surface area (Å²) in [5.41, 5.74) is 2.75. The second kappa shape index (κ2) is 1.77. The predicted molar refractivity (Wildman–Crippen MR) is 29.3 cm³/mol. The van der Waals surface area contributed by atoms with Gasteiger partial charge in [0.15, 0.2) is 0 Å². The molecule has 1 radical (unpaired) electrons. The summed E-state index contributed by atoms with van der Waals surface area (Å²) in [4.78, 5) is 0. The van der Waals surface area contributed by atoms with Crippen molar-refractivity contribution < 1.29 is 0 Å². The van der Waals surface area contributed by atoms with Crippen LogP contribution in [0.15, 0.2) is 11.6 Å². The molecular formula is C2H3N2S2. The van der Waals surface area contributed by atoms with E-state index in [0.717, 1.165) is 0 Å². The Morgan fingerprint density at radius 3 is 2.83 bits per heavy atom. The van der Waals surface area contributed by atoms with Crippen LogP contribution in [0.2, 0.25) is 0 Å². The monoisotopic (exact) mass is 119 g/mol. The van der Waals surface area contributed by atoms with Gasteiger partial charge in [-0.25, -0.2) is 0 Å². The molecule has 1 heterocycles. The average molecular weight is 119 g/mol. The van der Waals surface area contributed by atoms with Crippen molar-refractivity contribution in [1.29, 1.82) is 0 Å². The van der Waals surface area contributed by atoms with Crippen LogP contribution < -0.4 is 5.43 Å². The van der Waals surface area contributed by atoms with Gasteiger partial charge in [-0.1, -0.05) is 3.82 Å². The van der Waals surface area contributed by atoms with Gasteiger partial charge < -0.3 is 5.43 Å². The van der Waals surface area contributed by atoms with E-state index < -0.39 is 0 Å². The number of rotatable bonds is 0. The third-order valence-electron chi connectivity index (χ3n) is 0.405. The summed E-state index contributed by atoms with van der Waals surface area (Å²) in [7, 11) is 0. The van der Waals surface area contributed by atoms with Crippen LogP contribution in [0.4, 0.5) is 0 Å². The third-order valence-corrected chi connectivity index (χ3v) is 1.32. The highest BCUT2D eigenvalue weighted by Crippen LogP contribution is 2.14. The lowest BCUT2D eigenvalue weighted by molar-refractivity contribution is 0.675. The lowest BCUT2D eigenvalue weighted by atomic mass is 11.1. The molecule has 1 aliphatic heterocycles. The van der Waals surface area contributed by atoms with Gasteiger partial charge in [-0.05, 0) is 11.9 Å². The van der Waals surface area contributed by atoms with Crippen LogP contribution in [-0.2, 0) is 0 Å². The smallest absolute Gasteiger partial charge is 0.0438 e. The van der Waals surface area contributed by atoms with Gasteiger partial charge in [-0.3, -0.25) is 0 Å². The largest absolute Gasteiger partial charge is 0.305 e. The van der Waals surface area contributed by atoms with Gasteiger partial charge in [0.25, 0.3) is 0 Å². The van der Waals surface area contributed by atoms with E-state index in [2.05, 4.69) is 18.2 Å². The van der Waals surface area contributed by atoms with Gasteiger partial charge >= 0.3 is 0 Å². The maximum atomic E-state index is 4.62. The first-order chi connectivity index (χ1) is 2.89. The Morgan fingerprint density at radius 1 is 1.83 bits per heavy atom. The van der Waals surface area contributed by atoms with E-state index in [-0.39, 0.29) is 0 Å². The number of nitrogens with zero attached hydrogens (tertiary/aromatic N) is 1. The molecule has 2 nitrogen and oxygen atoms in total. The van der Waals surface area contributed by atoms with E-state index in [9.17, 15) is 0 Å². The molecule has 0 spiro atoms. The zero-order valence-corrected chi connectivity index (χ0v) is 4.55. The molecule has 6 heavy (non-hydrogen) atoms.